The summed E-state index contributed by atoms with van der Waals surface area (Å²) in [4.78, 5) is 29.9. The van der Waals surface area contributed by atoms with Crippen molar-refractivity contribution in [2.45, 2.75) is 64.2 Å². The highest BCUT2D eigenvalue weighted by atomic mass is 14.8. The third-order valence-electron chi connectivity index (χ3n) is 8.21. The molecule has 0 saturated carbocycles. The summed E-state index contributed by atoms with van der Waals surface area (Å²) < 4.78 is 0. The number of hydrogen-bond acceptors (Lipinski definition) is 6. The Hall–Kier alpha value is -5.10. The Morgan fingerprint density at radius 2 is 0.717 bits per heavy atom. The maximum Gasteiger partial charge on any atom is 0.0858 e. The highest BCUT2D eigenvalue weighted by Gasteiger charge is 2.23. The van der Waals surface area contributed by atoms with Gasteiger partial charge in [0.1, 0.15) is 0 Å². The SMILES string of the molecule is CC(C)c1cccc([C@@H](c2ccccn2)c2cccc(CCc3cccc([C@H](c4ccccn4)c4cccc(C(C)C)n4)n3)n2)n1. The molecule has 6 rings (SSSR count). The fraction of sp³-hybridized carbons (Fsp3) is 0.250. The van der Waals surface area contributed by atoms with Crippen LogP contribution in [-0.2, 0) is 12.8 Å². The maximum absolute atomic E-state index is 5.17. The van der Waals surface area contributed by atoms with Gasteiger partial charge in [-0.3, -0.25) is 29.9 Å². The number of aromatic nitrogens is 6. The normalized spacial score (nSPS) is 12.7. The van der Waals surface area contributed by atoms with Crippen LogP contribution in [0.25, 0.3) is 0 Å². The van der Waals surface area contributed by atoms with Gasteiger partial charge >= 0.3 is 0 Å². The van der Waals surface area contributed by atoms with Gasteiger partial charge in [0.25, 0.3) is 0 Å². The van der Waals surface area contributed by atoms with Crippen LogP contribution in [-0.4, -0.2) is 29.9 Å². The lowest BCUT2D eigenvalue weighted by molar-refractivity contribution is 0.762. The third kappa shape index (κ3) is 7.23. The van der Waals surface area contributed by atoms with Gasteiger partial charge in [0.05, 0.1) is 46.0 Å². The second kappa shape index (κ2) is 14.3. The van der Waals surface area contributed by atoms with Crippen molar-refractivity contribution in [2.75, 3.05) is 0 Å². The number of pyridine rings is 6. The van der Waals surface area contributed by atoms with Gasteiger partial charge in [0.15, 0.2) is 0 Å². The van der Waals surface area contributed by atoms with Gasteiger partial charge < -0.3 is 0 Å². The second-order valence-corrected chi connectivity index (χ2v) is 12.3. The van der Waals surface area contributed by atoms with E-state index in [0.717, 1.165) is 69.8 Å². The fourth-order valence-electron chi connectivity index (χ4n) is 5.76. The first-order valence-electron chi connectivity index (χ1n) is 16.1. The van der Waals surface area contributed by atoms with Crippen molar-refractivity contribution in [1.29, 1.82) is 0 Å². The van der Waals surface area contributed by atoms with Crippen molar-refractivity contribution in [2.24, 2.45) is 0 Å². The summed E-state index contributed by atoms with van der Waals surface area (Å²) >= 11 is 0. The lowest BCUT2D eigenvalue weighted by Gasteiger charge is -2.19. The fourth-order valence-corrected chi connectivity index (χ4v) is 5.76. The predicted molar refractivity (Wildman–Crippen MR) is 183 cm³/mol. The minimum atomic E-state index is -0.158. The third-order valence-corrected chi connectivity index (χ3v) is 8.21. The number of aryl methyl sites for hydroxylation is 2. The molecule has 0 saturated heterocycles. The van der Waals surface area contributed by atoms with E-state index in [1.54, 1.807) is 0 Å². The van der Waals surface area contributed by atoms with Crippen molar-refractivity contribution in [3.63, 3.8) is 0 Å². The van der Waals surface area contributed by atoms with Gasteiger partial charge in [0.2, 0.25) is 0 Å². The van der Waals surface area contributed by atoms with Gasteiger partial charge in [-0.05, 0) is 97.5 Å². The molecule has 0 aromatic carbocycles. The van der Waals surface area contributed by atoms with Gasteiger partial charge in [-0.2, -0.15) is 0 Å². The van der Waals surface area contributed by atoms with Gasteiger partial charge in [-0.25, -0.2) is 0 Å². The van der Waals surface area contributed by atoms with Crippen LogP contribution in [0.1, 0.15) is 108 Å². The van der Waals surface area contributed by atoms with E-state index >= 15 is 0 Å². The molecule has 2 atom stereocenters. The maximum atomic E-state index is 5.17. The molecule has 6 heterocycles. The van der Waals surface area contributed by atoms with Crippen LogP contribution in [0.3, 0.4) is 0 Å². The Labute approximate surface area is 272 Å². The number of rotatable bonds is 11. The lowest BCUT2D eigenvalue weighted by atomic mass is 9.94. The lowest BCUT2D eigenvalue weighted by Crippen LogP contribution is -2.12. The predicted octanol–water partition coefficient (Wildman–Crippen LogP) is 8.45. The summed E-state index contributed by atoms with van der Waals surface area (Å²) in [7, 11) is 0. The molecule has 0 unspecified atom stereocenters. The van der Waals surface area contributed by atoms with Crippen molar-refractivity contribution in [1.82, 2.24) is 29.9 Å². The molecule has 0 amide bonds. The van der Waals surface area contributed by atoms with E-state index in [2.05, 4.69) is 113 Å². The molecule has 0 bridgehead atoms. The molecule has 6 nitrogen and oxygen atoms in total. The highest BCUT2D eigenvalue weighted by molar-refractivity contribution is 5.37. The topological polar surface area (TPSA) is 77.3 Å². The van der Waals surface area contributed by atoms with E-state index in [4.69, 9.17) is 29.9 Å². The molecule has 0 aliphatic rings. The van der Waals surface area contributed by atoms with E-state index in [-0.39, 0.29) is 11.8 Å². The average Bonchev–Trinajstić information content (AvgIpc) is 3.09. The zero-order valence-electron chi connectivity index (χ0n) is 27.0. The highest BCUT2D eigenvalue weighted by Crippen LogP contribution is 2.31. The summed E-state index contributed by atoms with van der Waals surface area (Å²) in [5.74, 6) is 0.349. The monoisotopic (exact) mass is 604 g/mol. The second-order valence-electron chi connectivity index (χ2n) is 12.3. The van der Waals surface area contributed by atoms with Gasteiger partial charge in [-0.15, -0.1) is 0 Å². The van der Waals surface area contributed by atoms with E-state index in [1.165, 1.54) is 0 Å². The summed E-state index contributed by atoms with van der Waals surface area (Å²) in [6.07, 6.45) is 5.19. The van der Waals surface area contributed by atoms with Crippen molar-refractivity contribution in [3.05, 3.63) is 179 Å². The molecule has 46 heavy (non-hydrogen) atoms. The van der Waals surface area contributed by atoms with Crippen LogP contribution in [0.4, 0.5) is 0 Å². The Morgan fingerprint density at radius 3 is 1.09 bits per heavy atom. The molecule has 6 aromatic rings. The minimum Gasteiger partial charge on any atom is -0.260 e. The first-order valence-corrected chi connectivity index (χ1v) is 16.1. The molecular weight excluding hydrogens is 564 g/mol. The van der Waals surface area contributed by atoms with Crippen LogP contribution in [0, 0.1) is 0 Å². The Morgan fingerprint density at radius 1 is 0.370 bits per heavy atom. The smallest absolute Gasteiger partial charge is 0.0858 e. The summed E-state index contributed by atoms with van der Waals surface area (Å²) in [6.45, 7) is 8.67. The molecule has 0 spiro atoms. The first-order chi connectivity index (χ1) is 22.5. The molecule has 0 radical (unpaired) electrons. The van der Waals surface area contributed by atoms with Crippen LogP contribution < -0.4 is 0 Å². The van der Waals surface area contributed by atoms with Gasteiger partial charge in [-0.1, -0.05) is 64.1 Å². The molecule has 6 aromatic heterocycles. The molecule has 0 aliphatic carbocycles. The summed E-state index contributed by atoms with van der Waals surface area (Å²) in [5.41, 5.74) is 9.83. The largest absolute Gasteiger partial charge is 0.260 e. The molecule has 0 N–H and O–H groups in total. The van der Waals surface area contributed by atoms with Crippen LogP contribution in [0.15, 0.2) is 122 Å². The van der Waals surface area contributed by atoms with Crippen LogP contribution >= 0.6 is 0 Å². The molecule has 0 fully saturated rings. The molecule has 6 heteroatoms. The van der Waals surface area contributed by atoms with Crippen molar-refractivity contribution < 1.29 is 0 Å². The Bertz CT molecular complexity index is 1730. The number of nitrogens with zero attached hydrogens (tertiary/aromatic N) is 6. The Kier molecular flexibility index (Phi) is 9.63. The standard InChI is InChI=1S/C40H40N6/c1-27(2)31-17-11-21-37(45-31)39(33-15-5-7-25-41-33)35-19-9-13-29(43-35)23-24-30-14-10-20-36(44-30)40(34-16-6-8-26-42-34)38-22-12-18-32(46-38)28(3)4/h5-22,25-28,39-40H,23-24H2,1-4H3/t39-,40-/m0/s1. The quantitative estimate of drug-likeness (QED) is 0.148. The summed E-state index contributed by atoms with van der Waals surface area (Å²) in [5, 5.41) is 0. The summed E-state index contributed by atoms with van der Waals surface area (Å²) in [6, 6.07) is 37.1. The Balaban J connectivity index is 1.29. The minimum absolute atomic E-state index is 0.158. The zero-order valence-corrected chi connectivity index (χ0v) is 27.0. The number of hydrogen-bond donors (Lipinski definition) is 0. The molecule has 230 valence electrons. The zero-order chi connectivity index (χ0) is 31.9. The van der Waals surface area contributed by atoms with E-state index < -0.39 is 0 Å². The van der Waals surface area contributed by atoms with E-state index in [9.17, 15) is 0 Å². The van der Waals surface area contributed by atoms with Crippen LogP contribution in [0.2, 0.25) is 0 Å². The first kappa shape index (κ1) is 30.9. The van der Waals surface area contributed by atoms with E-state index in [0.29, 0.717) is 11.8 Å². The van der Waals surface area contributed by atoms with Gasteiger partial charge in [0, 0.05) is 35.2 Å². The van der Waals surface area contributed by atoms with E-state index in [1.807, 2.05) is 36.7 Å². The van der Waals surface area contributed by atoms with Crippen molar-refractivity contribution >= 4 is 0 Å². The molecular formula is C40H40N6. The average molecular weight is 605 g/mol. The van der Waals surface area contributed by atoms with Crippen LogP contribution in [0.5, 0.6) is 0 Å². The molecule has 0 aliphatic heterocycles. The van der Waals surface area contributed by atoms with Crippen molar-refractivity contribution in [3.8, 4) is 0 Å².